The minimum absolute atomic E-state index is 0.355. The van der Waals surface area contributed by atoms with E-state index in [1.54, 1.807) is 0 Å². The van der Waals surface area contributed by atoms with Gasteiger partial charge >= 0.3 is 0 Å². The average Bonchev–Trinajstić information content (AvgIpc) is 2.35. The van der Waals surface area contributed by atoms with Crippen molar-refractivity contribution in [3.8, 4) is 0 Å². The minimum atomic E-state index is -0.355. The first-order valence-electron chi connectivity index (χ1n) is 6.20. The number of anilines is 1. The van der Waals surface area contributed by atoms with Crippen LogP contribution in [0.1, 0.15) is 0 Å². The van der Waals surface area contributed by atoms with Crippen molar-refractivity contribution < 1.29 is 5.11 Å². The number of likely N-dealkylation sites (N-methyl/N-ethyl adjacent to an activating group) is 1. The van der Waals surface area contributed by atoms with Gasteiger partial charge in [0, 0.05) is 18.8 Å². The molecule has 0 saturated heterocycles. The summed E-state index contributed by atoms with van der Waals surface area (Å²) in [5.74, 6) is 0. The molecule has 0 aliphatic rings. The average molecular weight is 244 g/mol. The summed E-state index contributed by atoms with van der Waals surface area (Å²) in [7, 11) is 3.92. The highest BCUT2D eigenvalue weighted by Gasteiger charge is 2.05. The van der Waals surface area contributed by atoms with Gasteiger partial charge in [0.15, 0.2) is 0 Å². The highest BCUT2D eigenvalue weighted by atomic mass is 16.3. The molecule has 1 atom stereocenters. The van der Waals surface area contributed by atoms with Crippen molar-refractivity contribution in [2.75, 3.05) is 32.5 Å². The SMILES string of the molecule is CN(C)CC(O)CNc1ccc2ccccc2c1. The molecule has 0 aliphatic heterocycles. The molecule has 0 spiro atoms. The molecular weight excluding hydrogens is 224 g/mol. The maximum absolute atomic E-state index is 9.79. The van der Waals surface area contributed by atoms with Crippen LogP contribution < -0.4 is 5.32 Å². The second kappa shape index (κ2) is 5.85. The molecule has 96 valence electrons. The first-order chi connectivity index (χ1) is 8.65. The molecule has 2 aromatic rings. The standard InChI is InChI=1S/C15H20N2O/c1-17(2)11-15(18)10-16-14-8-7-12-5-3-4-6-13(12)9-14/h3-9,15-16,18H,10-11H2,1-2H3. The second-order valence-electron chi connectivity index (χ2n) is 4.86. The Morgan fingerprint density at radius 2 is 1.83 bits per heavy atom. The van der Waals surface area contributed by atoms with Gasteiger partial charge in [0.05, 0.1) is 6.10 Å². The van der Waals surface area contributed by atoms with Crippen molar-refractivity contribution in [1.82, 2.24) is 4.90 Å². The number of nitrogens with one attached hydrogen (secondary N) is 1. The summed E-state index contributed by atoms with van der Waals surface area (Å²) in [6, 6.07) is 14.5. The Labute approximate surface area is 108 Å². The minimum Gasteiger partial charge on any atom is -0.390 e. The molecule has 0 fully saturated rings. The van der Waals surface area contributed by atoms with Crippen LogP contribution in [0.25, 0.3) is 10.8 Å². The summed E-state index contributed by atoms with van der Waals surface area (Å²) < 4.78 is 0. The third-order valence-electron chi connectivity index (χ3n) is 2.87. The van der Waals surface area contributed by atoms with Gasteiger partial charge in [-0.1, -0.05) is 30.3 Å². The van der Waals surface area contributed by atoms with E-state index < -0.39 is 0 Å². The van der Waals surface area contributed by atoms with Crippen molar-refractivity contribution in [2.24, 2.45) is 0 Å². The highest BCUT2D eigenvalue weighted by Crippen LogP contribution is 2.18. The molecule has 0 aliphatic carbocycles. The van der Waals surface area contributed by atoms with Gasteiger partial charge in [-0.25, -0.2) is 0 Å². The lowest BCUT2D eigenvalue weighted by molar-refractivity contribution is 0.148. The molecule has 0 heterocycles. The van der Waals surface area contributed by atoms with Crippen LogP contribution >= 0.6 is 0 Å². The molecular formula is C15H20N2O. The van der Waals surface area contributed by atoms with Crippen LogP contribution in [0.2, 0.25) is 0 Å². The third-order valence-corrected chi connectivity index (χ3v) is 2.87. The lowest BCUT2D eigenvalue weighted by Crippen LogP contribution is -2.31. The van der Waals surface area contributed by atoms with Gasteiger partial charge in [-0.3, -0.25) is 0 Å². The fraction of sp³-hybridized carbons (Fsp3) is 0.333. The number of fused-ring (bicyclic) bond motifs is 1. The van der Waals surface area contributed by atoms with Gasteiger partial charge in [-0.05, 0) is 37.0 Å². The zero-order chi connectivity index (χ0) is 13.0. The molecule has 0 aromatic heterocycles. The van der Waals surface area contributed by atoms with E-state index in [9.17, 15) is 5.11 Å². The molecule has 3 nitrogen and oxygen atoms in total. The number of aliphatic hydroxyl groups is 1. The Morgan fingerprint density at radius 3 is 2.56 bits per heavy atom. The van der Waals surface area contributed by atoms with E-state index in [-0.39, 0.29) is 6.10 Å². The summed E-state index contributed by atoms with van der Waals surface area (Å²) in [5, 5.41) is 15.5. The Morgan fingerprint density at radius 1 is 1.11 bits per heavy atom. The summed E-state index contributed by atoms with van der Waals surface area (Å²) >= 11 is 0. The van der Waals surface area contributed by atoms with Crippen molar-refractivity contribution in [1.29, 1.82) is 0 Å². The van der Waals surface area contributed by atoms with Crippen LogP contribution in [0, 0.1) is 0 Å². The summed E-state index contributed by atoms with van der Waals surface area (Å²) in [6.07, 6.45) is -0.355. The molecule has 0 bridgehead atoms. The molecule has 2 aromatic carbocycles. The fourth-order valence-corrected chi connectivity index (χ4v) is 2.02. The molecule has 0 radical (unpaired) electrons. The van der Waals surface area contributed by atoms with E-state index in [4.69, 9.17) is 0 Å². The molecule has 18 heavy (non-hydrogen) atoms. The van der Waals surface area contributed by atoms with Gasteiger partial charge in [0.25, 0.3) is 0 Å². The van der Waals surface area contributed by atoms with E-state index in [1.807, 2.05) is 37.2 Å². The van der Waals surface area contributed by atoms with E-state index in [2.05, 4.69) is 29.6 Å². The summed E-state index contributed by atoms with van der Waals surface area (Å²) in [5.41, 5.74) is 1.05. The van der Waals surface area contributed by atoms with E-state index in [1.165, 1.54) is 10.8 Å². The number of rotatable bonds is 5. The smallest absolute Gasteiger partial charge is 0.0838 e. The quantitative estimate of drug-likeness (QED) is 0.846. The lowest BCUT2D eigenvalue weighted by atomic mass is 10.1. The molecule has 3 heteroatoms. The number of nitrogens with zero attached hydrogens (tertiary/aromatic N) is 1. The first kappa shape index (κ1) is 12.9. The van der Waals surface area contributed by atoms with E-state index >= 15 is 0 Å². The van der Waals surface area contributed by atoms with Crippen LogP contribution in [-0.2, 0) is 0 Å². The number of benzene rings is 2. The van der Waals surface area contributed by atoms with Gasteiger partial charge in [0.2, 0.25) is 0 Å². The molecule has 0 amide bonds. The molecule has 2 rings (SSSR count). The maximum Gasteiger partial charge on any atom is 0.0838 e. The normalized spacial score (nSPS) is 12.9. The molecule has 2 N–H and O–H groups in total. The zero-order valence-corrected chi connectivity index (χ0v) is 10.9. The fourth-order valence-electron chi connectivity index (χ4n) is 2.02. The second-order valence-corrected chi connectivity index (χ2v) is 4.86. The summed E-state index contributed by atoms with van der Waals surface area (Å²) in [6.45, 7) is 1.23. The first-order valence-corrected chi connectivity index (χ1v) is 6.20. The van der Waals surface area contributed by atoms with Crippen molar-refractivity contribution in [2.45, 2.75) is 6.10 Å². The van der Waals surface area contributed by atoms with E-state index in [0.29, 0.717) is 13.1 Å². The predicted octanol–water partition coefficient (Wildman–Crippen LogP) is 2.17. The van der Waals surface area contributed by atoms with Crippen molar-refractivity contribution >= 4 is 16.5 Å². The van der Waals surface area contributed by atoms with Crippen LogP contribution in [-0.4, -0.2) is 43.3 Å². The van der Waals surface area contributed by atoms with Crippen LogP contribution in [0.3, 0.4) is 0 Å². The van der Waals surface area contributed by atoms with Crippen LogP contribution in [0.5, 0.6) is 0 Å². The number of hydrogen-bond donors (Lipinski definition) is 2. The summed E-state index contributed by atoms with van der Waals surface area (Å²) in [4.78, 5) is 1.98. The van der Waals surface area contributed by atoms with E-state index in [0.717, 1.165) is 5.69 Å². The van der Waals surface area contributed by atoms with Gasteiger partial charge < -0.3 is 15.3 Å². The predicted molar refractivity (Wildman–Crippen MR) is 77.0 cm³/mol. The van der Waals surface area contributed by atoms with Gasteiger partial charge in [-0.15, -0.1) is 0 Å². The van der Waals surface area contributed by atoms with Gasteiger partial charge in [0.1, 0.15) is 0 Å². The number of aliphatic hydroxyl groups excluding tert-OH is 1. The molecule has 1 unspecified atom stereocenters. The Kier molecular flexibility index (Phi) is 4.18. The van der Waals surface area contributed by atoms with Gasteiger partial charge in [-0.2, -0.15) is 0 Å². The Balaban J connectivity index is 1.99. The highest BCUT2D eigenvalue weighted by molar-refractivity contribution is 5.85. The Hall–Kier alpha value is -1.58. The van der Waals surface area contributed by atoms with Crippen molar-refractivity contribution in [3.05, 3.63) is 42.5 Å². The van der Waals surface area contributed by atoms with Crippen molar-refractivity contribution in [3.63, 3.8) is 0 Å². The largest absolute Gasteiger partial charge is 0.390 e. The zero-order valence-electron chi connectivity index (χ0n) is 10.9. The maximum atomic E-state index is 9.79. The monoisotopic (exact) mass is 244 g/mol. The Bertz CT molecular complexity index is 511. The van der Waals surface area contributed by atoms with Crippen LogP contribution in [0.15, 0.2) is 42.5 Å². The topological polar surface area (TPSA) is 35.5 Å². The number of hydrogen-bond acceptors (Lipinski definition) is 3. The lowest BCUT2D eigenvalue weighted by Gasteiger charge is -2.17. The third kappa shape index (κ3) is 3.45. The molecule has 0 saturated carbocycles. The van der Waals surface area contributed by atoms with Crippen LogP contribution in [0.4, 0.5) is 5.69 Å².